The van der Waals surface area contributed by atoms with Crippen molar-refractivity contribution in [2.45, 2.75) is 106 Å². The van der Waals surface area contributed by atoms with Crippen molar-refractivity contribution in [3.63, 3.8) is 0 Å². The van der Waals surface area contributed by atoms with Gasteiger partial charge in [-0.2, -0.15) is 23.5 Å². The molecule has 2 atom stereocenters. The maximum Gasteiger partial charge on any atom is 0.119 e. The van der Waals surface area contributed by atoms with Crippen LogP contribution < -0.4 is 9.47 Å². The fraction of sp³-hybridized carbons (Fsp3) is 0.636. The third kappa shape index (κ3) is 9.91. The van der Waals surface area contributed by atoms with E-state index in [9.17, 15) is 10.2 Å². The van der Waals surface area contributed by atoms with E-state index >= 15 is 0 Å². The van der Waals surface area contributed by atoms with Crippen LogP contribution in [0.5, 0.6) is 11.5 Å². The van der Waals surface area contributed by atoms with E-state index in [-0.39, 0.29) is 8.27 Å². The lowest BCUT2D eigenvalue weighted by Gasteiger charge is -2.27. The first-order valence-corrected chi connectivity index (χ1v) is 17.1. The summed E-state index contributed by atoms with van der Waals surface area (Å²) in [5.41, 5.74) is 2.22. The Morgan fingerprint density at radius 3 is 1.38 bits per heavy atom. The van der Waals surface area contributed by atoms with Gasteiger partial charge in [0.25, 0.3) is 0 Å². The number of hydrogen-bond acceptors (Lipinski definition) is 6. The molecule has 2 saturated carbocycles. The quantitative estimate of drug-likeness (QED) is 0.237. The third-order valence-electron chi connectivity index (χ3n) is 8.19. The average Bonchev–Trinajstić information content (AvgIpc) is 2.98. The summed E-state index contributed by atoms with van der Waals surface area (Å²) in [7, 11) is 0. The number of aliphatic hydroxyl groups is 2. The van der Waals surface area contributed by atoms with E-state index in [0.29, 0.717) is 23.7 Å². The Morgan fingerprint density at radius 1 is 0.667 bits per heavy atom. The molecule has 2 N–H and O–H groups in total. The van der Waals surface area contributed by atoms with Gasteiger partial charge in [0.1, 0.15) is 24.7 Å². The van der Waals surface area contributed by atoms with Gasteiger partial charge in [0, 0.05) is 30.3 Å². The number of benzene rings is 2. The molecule has 4 rings (SSSR count). The fourth-order valence-electron chi connectivity index (χ4n) is 5.54. The van der Waals surface area contributed by atoms with Gasteiger partial charge in [0.2, 0.25) is 0 Å². The largest absolute Gasteiger partial charge is 0.491 e. The molecule has 4 nitrogen and oxygen atoms in total. The summed E-state index contributed by atoms with van der Waals surface area (Å²) >= 11 is 3.81. The van der Waals surface area contributed by atoms with E-state index < -0.39 is 12.2 Å². The van der Waals surface area contributed by atoms with Crippen LogP contribution in [-0.2, 0) is 5.41 Å². The molecule has 2 unspecified atom stereocenters. The minimum absolute atomic E-state index is 0. The number of aliphatic hydroxyl groups excluding tert-OH is 2. The molecular formula is C33H52O4S2. The molecule has 6 heteroatoms. The van der Waals surface area contributed by atoms with Crippen LogP contribution in [0, 0.1) is 0 Å². The molecule has 0 aliphatic heterocycles. The van der Waals surface area contributed by atoms with Crippen molar-refractivity contribution in [3.8, 4) is 11.5 Å². The first-order chi connectivity index (χ1) is 18.9. The Bertz CT molecular complexity index is 885. The first-order valence-electron chi connectivity index (χ1n) is 15.0. The minimum atomic E-state index is -0.439. The highest BCUT2D eigenvalue weighted by molar-refractivity contribution is 8.00. The van der Waals surface area contributed by atoms with Gasteiger partial charge in [-0.15, -0.1) is 0 Å². The molecule has 2 aromatic carbocycles. The summed E-state index contributed by atoms with van der Waals surface area (Å²) in [6.07, 6.45) is 12.3. The van der Waals surface area contributed by atoms with E-state index in [1.54, 1.807) is 0 Å². The third-order valence-corrected chi connectivity index (χ3v) is 11.2. The molecule has 2 aliphatic carbocycles. The maximum absolute atomic E-state index is 10.4. The zero-order valence-corrected chi connectivity index (χ0v) is 25.5. The highest BCUT2D eigenvalue weighted by Crippen LogP contribution is 2.34. The van der Waals surface area contributed by atoms with Crippen molar-refractivity contribution in [3.05, 3.63) is 59.7 Å². The zero-order chi connectivity index (χ0) is 27.5. The SMILES string of the molecule is CC(C)(c1ccc(OCC(O)CSC2CCCCC2)cc1)c1ccc(OCC(O)CSC2CCCCC2)cc1.[HH].[HH]. The number of rotatable bonds is 14. The molecule has 0 heterocycles. The summed E-state index contributed by atoms with van der Waals surface area (Å²) in [6.45, 7) is 5.10. The van der Waals surface area contributed by atoms with Gasteiger partial charge >= 0.3 is 0 Å². The summed E-state index contributed by atoms with van der Waals surface area (Å²) < 4.78 is 11.8. The Morgan fingerprint density at radius 2 is 1.03 bits per heavy atom. The van der Waals surface area contributed by atoms with Crippen molar-refractivity contribution < 1.29 is 22.5 Å². The lowest BCUT2D eigenvalue weighted by Crippen LogP contribution is -2.23. The Labute approximate surface area is 247 Å². The predicted octanol–water partition coefficient (Wildman–Crippen LogP) is 8.12. The second kappa shape index (κ2) is 15.6. The smallest absolute Gasteiger partial charge is 0.119 e. The van der Waals surface area contributed by atoms with Gasteiger partial charge < -0.3 is 19.7 Å². The molecule has 2 aromatic rings. The van der Waals surface area contributed by atoms with Crippen LogP contribution in [0.25, 0.3) is 0 Å². The second-order valence-electron chi connectivity index (χ2n) is 11.8. The second-order valence-corrected chi connectivity index (χ2v) is 14.5. The monoisotopic (exact) mass is 576 g/mol. The summed E-state index contributed by atoms with van der Waals surface area (Å²) in [5, 5.41) is 22.2. The van der Waals surface area contributed by atoms with Crippen LogP contribution >= 0.6 is 23.5 Å². The van der Waals surface area contributed by atoms with Gasteiger partial charge in [-0.25, -0.2) is 0 Å². The average molecular weight is 577 g/mol. The number of hydrogen-bond donors (Lipinski definition) is 2. The highest BCUT2D eigenvalue weighted by Gasteiger charge is 2.23. The van der Waals surface area contributed by atoms with Gasteiger partial charge in [-0.3, -0.25) is 0 Å². The lowest BCUT2D eigenvalue weighted by atomic mass is 9.78. The van der Waals surface area contributed by atoms with Gasteiger partial charge in [0.05, 0.1) is 12.2 Å². The topological polar surface area (TPSA) is 58.9 Å². The summed E-state index contributed by atoms with van der Waals surface area (Å²) in [5.74, 6) is 3.07. The molecule has 0 spiro atoms. The molecule has 0 bridgehead atoms. The Kier molecular flexibility index (Phi) is 12.2. The summed E-state index contributed by atoms with van der Waals surface area (Å²) in [6, 6.07) is 16.5. The van der Waals surface area contributed by atoms with Gasteiger partial charge in [-0.05, 0) is 61.1 Å². The molecule has 39 heavy (non-hydrogen) atoms. The van der Waals surface area contributed by atoms with Crippen LogP contribution in [0.3, 0.4) is 0 Å². The van der Waals surface area contributed by atoms with Crippen molar-refractivity contribution in [2.24, 2.45) is 0 Å². The van der Waals surface area contributed by atoms with E-state index in [2.05, 4.69) is 38.1 Å². The van der Waals surface area contributed by atoms with Crippen LogP contribution in [-0.4, -0.2) is 57.6 Å². The van der Waals surface area contributed by atoms with Crippen LogP contribution in [0.1, 0.15) is 92.0 Å². The first kappa shape index (κ1) is 30.6. The van der Waals surface area contributed by atoms with E-state index in [4.69, 9.17) is 9.47 Å². The predicted molar refractivity (Wildman–Crippen MR) is 171 cm³/mol. The normalized spacial score (nSPS) is 19.0. The fourth-order valence-corrected chi connectivity index (χ4v) is 8.06. The van der Waals surface area contributed by atoms with E-state index in [0.717, 1.165) is 23.0 Å². The van der Waals surface area contributed by atoms with Gasteiger partial charge in [-0.1, -0.05) is 76.6 Å². The van der Waals surface area contributed by atoms with Crippen LogP contribution in [0.15, 0.2) is 48.5 Å². The molecule has 2 aliphatic rings. The standard InChI is InChI=1S/C33H48O4S2.2H2/c1-33(2,25-13-17-29(18-14-25)36-21-27(34)23-38-31-9-5-3-6-10-31)26-15-19-30(20-16-26)37-22-28(35)24-39-32-11-7-4-8-12-32;;/h13-20,27-28,31-32,34-35H,3-12,21-24H2,1-2H3;2*1H. The van der Waals surface area contributed by atoms with Crippen molar-refractivity contribution in [2.75, 3.05) is 24.7 Å². The number of ether oxygens (including phenoxy) is 2. The lowest BCUT2D eigenvalue weighted by molar-refractivity contribution is 0.126. The molecule has 220 valence electrons. The Hall–Kier alpha value is -1.34. The number of thioether (sulfide) groups is 2. The molecular weight excluding hydrogens is 524 g/mol. The molecule has 0 aromatic heterocycles. The highest BCUT2D eigenvalue weighted by atomic mass is 32.2. The summed E-state index contributed by atoms with van der Waals surface area (Å²) in [4.78, 5) is 0. The Balaban J connectivity index is 0.00000294. The van der Waals surface area contributed by atoms with E-state index in [1.807, 2.05) is 47.8 Å². The minimum Gasteiger partial charge on any atom is -0.491 e. The molecule has 2 fully saturated rings. The van der Waals surface area contributed by atoms with Gasteiger partial charge in [0.15, 0.2) is 0 Å². The van der Waals surface area contributed by atoms with Crippen LogP contribution in [0.4, 0.5) is 0 Å². The van der Waals surface area contributed by atoms with Crippen LogP contribution in [0.2, 0.25) is 0 Å². The maximum atomic E-state index is 10.4. The van der Waals surface area contributed by atoms with Crippen molar-refractivity contribution >= 4 is 23.5 Å². The molecule has 0 radical (unpaired) electrons. The molecule has 0 saturated heterocycles. The van der Waals surface area contributed by atoms with Crippen molar-refractivity contribution in [1.29, 1.82) is 0 Å². The van der Waals surface area contributed by atoms with Crippen molar-refractivity contribution in [1.82, 2.24) is 0 Å². The molecule has 0 amide bonds. The van der Waals surface area contributed by atoms with E-state index in [1.165, 1.54) is 75.3 Å². The zero-order valence-electron chi connectivity index (χ0n) is 23.9.